The van der Waals surface area contributed by atoms with Gasteiger partial charge in [0.05, 0.1) is 11.9 Å². The number of nitrogens with one attached hydrogen (secondary N) is 1. The normalized spacial score (nSPS) is 13.4. The molecule has 0 saturated heterocycles. The molecule has 1 N–H and O–H groups in total. The van der Waals surface area contributed by atoms with Gasteiger partial charge in [0.2, 0.25) is 0 Å². The molecule has 0 fully saturated rings. The highest BCUT2D eigenvalue weighted by molar-refractivity contribution is 7.91. The minimum absolute atomic E-state index is 0.0594. The van der Waals surface area contributed by atoms with E-state index in [0.717, 1.165) is 0 Å². The molecule has 1 aromatic heterocycles. The van der Waals surface area contributed by atoms with Crippen molar-refractivity contribution in [2.24, 2.45) is 0 Å². The van der Waals surface area contributed by atoms with E-state index in [9.17, 15) is 8.42 Å². The van der Waals surface area contributed by atoms with Gasteiger partial charge in [0.1, 0.15) is 17.2 Å². The lowest BCUT2D eigenvalue weighted by Gasteiger charge is -2.14. The first-order valence-electron chi connectivity index (χ1n) is 4.87. The lowest BCUT2D eigenvalue weighted by Crippen LogP contribution is -2.27. The number of rotatable bonds is 5. The maximum atomic E-state index is 11.4. The van der Waals surface area contributed by atoms with Crippen LogP contribution >= 0.6 is 11.6 Å². The number of anilines is 1. The zero-order valence-electron chi connectivity index (χ0n) is 9.14. The first kappa shape index (κ1) is 13.2. The molecular formula is C9H14ClN3O2S. The molecule has 1 atom stereocenters. The molecule has 90 valence electrons. The zero-order chi connectivity index (χ0) is 12.2. The van der Waals surface area contributed by atoms with Gasteiger partial charge in [-0.3, -0.25) is 0 Å². The van der Waals surface area contributed by atoms with E-state index in [1.165, 1.54) is 12.5 Å². The van der Waals surface area contributed by atoms with Gasteiger partial charge < -0.3 is 5.32 Å². The molecule has 16 heavy (non-hydrogen) atoms. The van der Waals surface area contributed by atoms with E-state index in [4.69, 9.17) is 11.6 Å². The van der Waals surface area contributed by atoms with Crippen molar-refractivity contribution in [1.82, 2.24) is 9.97 Å². The summed E-state index contributed by atoms with van der Waals surface area (Å²) in [5.41, 5.74) is 0. The Morgan fingerprint density at radius 2 is 2.25 bits per heavy atom. The molecule has 0 amide bonds. The number of aromatic nitrogens is 2. The van der Waals surface area contributed by atoms with Crippen molar-refractivity contribution in [2.45, 2.75) is 19.9 Å². The predicted octanol–water partition coefficient (Wildman–Crippen LogP) is 1.37. The third kappa shape index (κ3) is 3.94. The van der Waals surface area contributed by atoms with Crippen LogP contribution in [0.4, 0.5) is 5.82 Å². The topological polar surface area (TPSA) is 72.0 Å². The Balaban J connectivity index is 2.66. The van der Waals surface area contributed by atoms with Gasteiger partial charge in [0.15, 0.2) is 9.84 Å². The Hall–Kier alpha value is -0.880. The van der Waals surface area contributed by atoms with Crippen LogP contribution in [0.2, 0.25) is 5.02 Å². The van der Waals surface area contributed by atoms with E-state index in [1.807, 2.05) is 0 Å². The van der Waals surface area contributed by atoms with Crippen LogP contribution in [-0.4, -0.2) is 35.9 Å². The summed E-state index contributed by atoms with van der Waals surface area (Å²) < 4.78 is 22.8. The van der Waals surface area contributed by atoms with E-state index in [0.29, 0.717) is 10.8 Å². The van der Waals surface area contributed by atoms with Crippen molar-refractivity contribution in [1.29, 1.82) is 0 Å². The molecule has 0 aromatic carbocycles. The van der Waals surface area contributed by atoms with E-state index in [2.05, 4.69) is 15.3 Å². The summed E-state index contributed by atoms with van der Waals surface area (Å²) >= 11 is 5.84. The highest BCUT2D eigenvalue weighted by Gasteiger charge is 2.14. The predicted molar refractivity (Wildman–Crippen MR) is 64.5 cm³/mol. The van der Waals surface area contributed by atoms with Crippen molar-refractivity contribution in [3.05, 3.63) is 17.5 Å². The lowest BCUT2D eigenvalue weighted by atomic mass is 10.4. The first-order chi connectivity index (χ1) is 7.44. The van der Waals surface area contributed by atoms with Gasteiger partial charge in [0, 0.05) is 11.8 Å². The fourth-order valence-corrected chi connectivity index (χ4v) is 2.43. The third-order valence-corrected chi connectivity index (χ3v) is 4.16. The Morgan fingerprint density at radius 1 is 1.56 bits per heavy atom. The van der Waals surface area contributed by atoms with Gasteiger partial charge in [-0.1, -0.05) is 18.5 Å². The van der Waals surface area contributed by atoms with Crippen molar-refractivity contribution in [3.63, 3.8) is 0 Å². The summed E-state index contributed by atoms with van der Waals surface area (Å²) in [6, 6.07) is -0.239. The van der Waals surface area contributed by atoms with Crippen LogP contribution in [0.25, 0.3) is 0 Å². The molecule has 1 aromatic rings. The van der Waals surface area contributed by atoms with Crippen LogP contribution in [0.1, 0.15) is 13.8 Å². The van der Waals surface area contributed by atoms with Crippen molar-refractivity contribution >= 4 is 27.3 Å². The summed E-state index contributed by atoms with van der Waals surface area (Å²) in [5.74, 6) is 0.649. The van der Waals surface area contributed by atoms with Crippen LogP contribution < -0.4 is 5.32 Å². The summed E-state index contributed by atoms with van der Waals surface area (Å²) in [6.07, 6.45) is 2.81. The summed E-state index contributed by atoms with van der Waals surface area (Å²) in [6.45, 7) is 3.39. The molecule has 0 aliphatic carbocycles. The summed E-state index contributed by atoms with van der Waals surface area (Å²) in [5, 5.41) is 3.32. The zero-order valence-corrected chi connectivity index (χ0v) is 10.7. The van der Waals surface area contributed by atoms with Gasteiger partial charge in [-0.25, -0.2) is 18.4 Å². The number of halogens is 1. The summed E-state index contributed by atoms with van der Waals surface area (Å²) in [7, 11) is -3.00. The van der Waals surface area contributed by atoms with Crippen molar-refractivity contribution in [3.8, 4) is 0 Å². The molecule has 1 rings (SSSR count). The standard InChI is InChI=1S/C9H14ClN3O2S/c1-3-16(14,15)5-7(2)13-9-8(10)4-11-6-12-9/h4,6-7H,3,5H2,1-2H3,(H,11,12,13). The average Bonchev–Trinajstić information content (AvgIpc) is 2.21. The van der Waals surface area contributed by atoms with E-state index >= 15 is 0 Å². The molecule has 0 saturated carbocycles. The summed E-state index contributed by atoms with van der Waals surface area (Å²) in [4.78, 5) is 7.67. The molecule has 1 heterocycles. The molecule has 0 aliphatic heterocycles. The fourth-order valence-electron chi connectivity index (χ4n) is 1.19. The van der Waals surface area contributed by atoms with E-state index < -0.39 is 9.84 Å². The van der Waals surface area contributed by atoms with Gasteiger partial charge >= 0.3 is 0 Å². The van der Waals surface area contributed by atoms with Crippen LogP contribution in [0.5, 0.6) is 0 Å². The molecule has 0 bridgehead atoms. The largest absolute Gasteiger partial charge is 0.365 e. The van der Waals surface area contributed by atoms with Crippen molar-refractivity contribution in [2.75, 3.05) is 16.8 Å². The lowest BCUT2D eigenvalue weighted by molar-refractivity contribution is 0.593. The van der Waals surface area contributed by atoms with Crippen LogP contribution in [0, 0.1) is 0 Å². The Morgan fingerprint density at radius 3 is 2.81 bits per heavy atom. The Bertz CT molecular complexity index is 450. The molecule has 0 aliphatic rings. The second-order valence-corrected chi connectivity index (χ2v) is 6.27. The van der Waals surface area contributed by atoms with Crippen LogP contribution in [-0.2, 0) is 9.84 Å². The number of sulfone groups is 1. The molecule has 7 heteroatoms. The monoisotopic (exact) mass is 263 g/mol. The van der Waals surface area contributed by atoms with Gasteiger partial charge in [-0.05, 0) is 6.92 Å². The minimum Gasteiger partial charge on any atom is -0.365 e. The van der Waals surface area contributed by atoms with Crippen LogP contribution in [0.3, 0.4) is 0 Å². The minimum atomic E-state index is -3.00. The maximum absolute atomic E-state index is 11.4. The highest BCUT2D eigenvalue weighted by atomic mass is 35.5. The highest BCUT2D eigenvalue weighted by Crippen LogP contribution is 2.17. The number of nitrogens with zero attached hydrogens (tertiary/aromatic N) is 2. The van der Waals surface area contributed by atoms with Gasteiger partial charge in [0.25, 0.3) is 0 Å². The van der Waals surface area contributed by atoms with Gasteiger partial charge in [-0.15, -0.1) is 0 Å². The molecule has 5 nitrogen and oxygen atoms in total. The van der Waals surface area contributed by atoms with Crippen molar-refractivity contribution < 1.29 is 8.42 Å². The Kier molecular flexibility index (Phi) is 4.49. The third-order valence-electron chi connectivity index (χ3n) is 1.99. The second-order valence-electron chi connectivity index (χ2n) is 3.46. The van der Waals surface area contributed by atoms with Crippen LogP contribution in [0.15, 0.2) is 12.5 Å². The second kappa shape index (κ2) is 5.45. The Labute approximate surface area is 100 Å². The molecular weight excluding hydrogens is 250 g/mol. The molecule has 0 spiro atoms. The number of hydrogen-bond acceptors (Lipinski definition) is 5. The fraction of sp³-hybridized carbons (Fsp3) is 0.556. The van der Waals surface area contributed by atoms with E-state index in [-0.39, 0.29) is 17.5 Å². The maximum Gasteiger partial charge on any atom is 0.152 e. The number of hydrogen-bond donors (Lipinski definition) is 1. The molecule has 0 radical (unpaired) electrons. The average molecular weight is 264 g/mol. The quantitative estimate of drug-likeness (QED) is 0.869. The SMILES string of the molecule is CCS(=O)(=O)CC(C)Nc1ncncc1Cl. The van der Waals surface area contributed by atoms with Gasteiger partial charge in [-0.2, -0.15) is 0 Å². The molecule has 1 unspecified atom stereocenters. The van der Waals surface area contributed by atoms with E-state index in [1.54, 1.807) is 13.8 Å². The first-order valence-corrected chi connectivity index (χ1v) is 7.07. The smallest absolute Gasteiger partial charge is 0.152 e.